The summed E-state index contributed by atoms with van der Waals surface area (Å²) in [5.74, 6) is -0.101. The quantitative estimate of drug-likeness (QED) is 0.643. The number of carbonyl (C=O) groups is 1. The molecule has 20 heavy (non-hydrogen) atoms. The van der Waals surface area contributed by atoms with Gasteiger partial charge in [0.1, 0.15) is 0 Å². The molecule has 1 unspecified atom stereocenters. The Kier molecular flexibility index (Phi) is 6.61. The third kappa shape index (κ3) is 4.18. The Morgan fingerprint density at radius 2 is 1.90 bits per heavy atom. The van der Waals surface area contributed by atoms with Crippen molar-refractivity contribution in [1.29, 1.82) is 0 Å². The molecule has 3 N–H and O–H groups in total. The highest BCUT2D eigenvalue weighted by atomic mass is 35.5. The van der Waals surface area contributed by atoms with Crippen molar-refractivity contribution in [2.75, 3.05) is 6.54 Å². The molecule has 1 aromatic rings. The Morgan fingerprint density at radius 1 is 1.40 bits per heavy atom. The fraction of sp³-hybridized carbons (Fsp3) is 0.462. The van der Waals surface area contributed by atoms with E-state index in [2.05, 4.69) is 5.32 Å². The van der Waals surface area contributed by atoms with E-state index in [1.54, 1.807) is 0 Å². The molecule has 1 rings (SSSR count). The molecular formula is C13H20ClN3O3. The number of hydrogen-bond donors (Lipinski definition) is 2. The van der Waals surface area contributed by atoms with E-state index in [-0.39, 0.29) is 29.9 Å². The van der Waals surface area contributed by atoms with Crippen molar-refractivity contribution >= 4 is 24.0 Å². The third-order valence-corrected chi connectivity index (χ3v) is 3.44. The number of rotatable bonds is 5. The van der Waals surface area contributed by atoms with E-state index >= 15 is 0 Å². The summed E-state index contributed by atoms with van der Waals surface area (Å²) in [6.45, 7) is 6.15. The van der Waals surface area contributed by atoms with Crippen LogP contribution in [-0.2, 0) is 0 Å². The maximum absolute atomic E-state index is 12.1. The Hall–Kier alpha value is -1.66. The highest BCUT2D eigenvalue weighted by molar-refractivity contribution is 5.94. The molecule has 1 aromatic carbocycles. The molecule has 0 saturated carbocycles. The lowest BCUT2D eigenvalue weighted by Gasteiger charge is -2.33. The number of nitrogens with zero attached hydrogens (tertiary/aromatic N) is 1. The molecule has 6 nitrogen and oxygen atoms in total. The van der Waals surface area contributed by atoms with Gasteiger partial charge < -0.3 is 11.1 Å². The van der Waals surface area contributed by atoms with Crippen LogP contribution in [0.15, 0.2) is 24.3 Å². The van der Waals surface area contributed by atoms with Crippen molar-refractivity contribution in [3.63, 3.8) is 0 Å². The molecule has 1 amide bonds. The van der Waals surface area contributed by atoms with Gasteiger partial charge in [0.2, 0.25) is 0 Å². The second kappa shape index (κ2) is 7.21. The van der Waals surface area contributed by atoms with Crippen LogP contribution >= 0.6 is 12.4 Å². The molecule has 0 fully saturated rings. The Labute approximate surface area is 124 Å². The number of nitrogens with one attached hydrogen (secondary N) is 1. The summed E-state index contributed by atoms with van der Waals surface area (Å²) in [4.78, 5) is 22.1. The molecule has 112 valence electrons. The normalized spacial score (nSPS) is 13.2. The number of carbonyl (C=O) groups excluding carboxylic acids is 1. The molecule has 7 heteroatoms. The van der Waals surface area contributed by atoms with Crippen LogP contribution in [0.4, 0.5) is 5.69 Å². The minimum atomic E-state index is -0.501. The molecule has 0 spiro atoms. The first kappa shape index (κ1) is 18.3. The van der Waals surface area contributed by atoms with Crippen molar-refractivity contribution in [3.05, 3.63) is 39.9 Å². The van der Waals surface area contributed by atoms with Crippen molar-refractivity contribution in [2.45, 2.75) is 26.3 Å². The largest absolute Gasteiger partial charge is 0.345 e. The van der Waals surface area contributed by atoms with Crippen LogP contribution in [-0.4, -0.2) is 22.9 Å². The van der Waals surface area contributed by atoms with E-state index in [4.69, 9.17) is 5.73 Å². The van der Waals surface area contributed by atoms with Gasteiger partial charge in [-0.1, -0.05) is 13.8 Å². The van der Waals surface area contributed by atoms with Crippen LogP contribution < -0.4 is 11.1 Å². The molecule has 0 heterocycles. The van der Waals surface area contributed by atoms with Gasteiger partial charge in [-0.2, -0.15) is 0 Å². The minimum Gasteiger partial charge on any atom is -0.345 e. The minimum absolute atomic E-state index is 0. The molecule has 1 atom stereocenters. The van der Waals surface area contributed by atoms with Gasteiger partial charge in [-0.25, -0.2) is 0 Å². The standard InChI is InChI=1S/C13H19N3O3.ClH/c1-9(2)13(3,8-14)15-12(17)10-4-6-11(7-5-10)16(18)19;/h4-7,9H,8,14H2,1-3H3,(H,15,17);1H. The van der Waals surface area contributed by atoms with Crippen LogP contribution in [0.1, 0.15) is 31.1 Å². The second-order valence-electron chi connectivity index (χ2n) is 5.03. The zero-order chi connectivity index (χ0) is 14.6. The summed E-state index contributed by atoms with van der Waals surface area (Å²) in [5.41, 5.74) is 5.53. The van der Waals surface area contributed by atoms with Gasteiger partial charge in [0, 0.05) is 24.2 Å². The zero-order valence-electron chi connectivity index (χ0n) is 11.8. The zero-order valence-corrected chi connectivity index (χ0v) is 12.6. The lowest BCUT2D eigenvalue weighted by atomic mass is 9.88. The Balaban J connectivity index is 0.00000361. The van der Waals surface area contributed by atoms with E-state index in [0.717, 1.165) is 0 Å². The summed E-state index contributed by atoms with van der Waals surface area (Å²) in [6.07, 6.45) is 0. The number of nitro benzene ring substituents is 1. The summed E-state index contributed by atoms with van der Waals surface area (Å²) in [6, 6.07) is 5.49. The first-order valence-corrected chi connectivity index (χ1v) is 6.07. The van der Waals surface area contributed by atoms with E-state index in [1.165, 1.54) is 24.3 Å². The van der Waals surface area contributed by atoms with Crippen molar-refractivity contribution in [1.82, 2.24) is 5.32 Å². The number of nitrogens with two attached hydrogens (primary N) is 1. The van der Waals surface area contributed by atoms with Crippen LogP contribution in [0.25, 0.3) is 0 Å². The van der Waals surface area contributed by atoms with Gasteiger partial charge in [-0.15, -0.1) is 12.4 Å². The fourth-order valence-corrected chi connectivity index (χ4v) is 1.50. The van der Waals surface area contributed by atoms with E-state index < -0.39 is 10.5 Å². The maximum Gasteiger partial charge on any atom is 0.269 e. The Morgan fingerprint density at radius 3 is 2.25 bits per heavy atom. The number of amides is 1. The summed E-state index contributed by atoms with van der Waals surface area (Å²) in [5, 5.41) is 13.4. The summed E-state index contributed by atoms with van der Waals surface area (Å²) >= 11 is 0. The number of halogens is 1. The van der Waals surface area contributed by atoms with Gasteiger partial charge in [-0.3, -0.25) is 14.9 Å². The lowest BCUT2D eigenvalue weighted by molar-refractivity contribution is -0.384. The summed E-state index contributed by atoms with van der Waals surface area (Å²) < 4.78 is 0. The maximum atomic E-state index is 12.1. The van der Waals surface area contributed by atoms with Crippen molar-refractivity contribution in [2.24, 2.45) is 11.7 Å². The fourth-order valence-electron chi connectivity index (χ4n) is 1.50. The van der Waals surface area contributed by atoms with Gasteiger partial charge >= 0.3 is 0 Å². The van der Waals surface area contributed by atoms with Crippen LogP contribution in [0, 0.1) is 16.0 Å². The molecule has 0 saturated heterocycles. The smallest absolute Gasteiger partial charge is 0.269 e. The summed E-state index contributed by atoms with van der Waals surface area (Å²) in [7, 11) is 0. The average molecular weight is 302 g/mol. The topological polar surface area (TPSA) is 98.3 Å². The molecule has 0 aliphatic carbocycles. The van der Waals surface area contributed by atoms with Crippen LogP contribution in [0.3, 0.4) is 0 Å². The molecule has 0 bridgehead atoms. The van der Waals surface area contributed by atoms with Crippen LogP contribution in [0.5, 0.6) is 0 Å². The van der Waals surface area contributed by atoms with Gasteiger partial charge in [0.05, 0.1) is 10.5 Å². The van der Waals surface area contributed by atoms with E-state index in [1.807, 2.05) is 20.8 Å². The van der Waals surface area contributed by atoms with Gasteiger partial charge in [0.15, 0.2) is 0 Å². The molecule has 0 aliphatic rings. The number of benzene rings is 1. The number of hydrogen-bond acceptors (Lipinski definition) is 4. The first-order chi connectivity index (χ1) is 8.80. The van der Waals surface area contributed by atoms with Gasteiger partial charge in [0.25, 0.3) is 11.6 Å². The SMILES string of the molecule is CC(C)C(C)(CN)NC(=O)c1ccc([N+](=O)[O-])cc1.Cl. The lowest BCUT2D eigenvalue weighted by Crippen LogP contribution is -2.55. The third-order valence-electron chi connectivity index (χ3n) is 3.44. The highest BCUT2D eigenvalue weighted by Gasteiger charge is 2.28. The molecule has 0 aromatic heterocycles. The van der Waals surface area contributed by atoms with Crippen LogP contribution in [0.2, 0.25) is 0 Å². The Bertz CT molecular complexity index is 476. The highest BCUT2D eigenvalue weighted by Crippen LogP contribution is 2.17. The number of nitro groups is 1. The van der Waals surface area contributed by atoms with Gasteiger partial charge in [-0.05, 0) is 25.0 Å². The second-order valence-corrected chi connectivity index (χ2v) is 5.03. The predicted octanol–water partition coefficient (Wildman–Crippen LogP) is 2.12. The van der Waals surface area contributed by atoms with Crippen molar-refractivity contribution in [3.8, 4) is 0 Å². The average Bonchev–Trinajstić information content (AvgIpc) is 2.38. The number of non-ortho nitro benzene ring substituents is 1. The predicted molar refractivity (Wildman–Crippen MR) is 80.1 cm³/mol. The van der Waals surface area contributed by atoms with Crippen molar-refractivity contribution < 1.29 is 9.72 Å². The van der Waals surface area contributed by atoms with E-state index in [9.17, 15) is 14.9 Å². The first-order valence-electron chi connectivity index (χ1n) is 6.07. The molecular weight excluding hydrogens is 282 g/mol. The molecule has 0 aliphatic heterocycles. The van der Waals surface area contributed by atoms with E-state index in [0.29, 0.717) is 12.1 Å². The molecule has 0 radical (unpaired) electrons. The monoisotopic (exact) mass is 301 g/mol.